The van der Waals surface area contributed by atoms with Gasteiger partial charge in [0.15, 0.2) is 0 Å². The van der Waals surface area contributed by atoms with Crippen LogP contribution in [0.25, 0.3) is 0 Å². The maximum Gasteiger partial charge on any atom is 0.319 e. The first kappa shape index (κ1) is 27.2. The Labute approximate surface area is 184 Å². The zero-order valence-corrected chi connectivity index (χ0v) is 18.0. The van der Waals surface area contributed by atoms with Crippen LogP contribution in [0.4, 0.5) is 0 Å². The van der Waals surface area contributed by atoms with E-state index >= 15 is 0 Å². The number of carbonyl (C=O) groups excluding carboxylic acids is 1. The maximum absolute atomic E-state index is 12.6. The van der Waals surface area contributed by atoms with E-state index in [2.05, 4.69) is 5.32 Å². The third-order valence-corrected chi connectivity index (χ3v) is 4.92. The van der Waals surface area contributed by atoms with Crippen LogP contribution < -0.4 is 5.32 Å². The molecule has 1 aliphatic heterocycles. The van der Waals surface area contributed by atoms with Crippen LogP contribution >= 0.6 is 0 Å². The van der Waals surface area contributed by atoms with Crippen LogP contribution in [0.3, 0.4) is 0 Å². The molecule has 0 aliphatic carbocycles. The molecule has 1 amide bonds. The van der Waals surface area contributed by atoms with Gasteiger partial charge in [-0.25, -0.2) is 10.0 Å². The summed E-state index contributed by atoms with van der Waals surface area (Å²) in [4.78, 5) is 60.3. The van der Waals surface area contributed by atoms with Crippen molar-refractivity contribution < 1.29 is 44.4 Å². The van der Waals surface area contributed by atoms with E-state index in [4.69, 9.17) is 10.2 Å². The van der Waals surface area contributed by atoms with E-state index in [1.54, 1.807) is 9.80 Å². The molecule has 182 valence electrons. The number of carbonyl (C=O) groups is 5. The molecule has 0 saturated carbocycles. The fourth-order valence-electron chi connectivity index (χ4n) is 3.32. The number of carboxylic acid groups (broad SMARTS) is 4. The lowest BCUT2D eigenvalue weighted by Crippen LogP contribution is -2.59. The predicted molar refractivity (Wildman–Crippen MR) is 109 cm³/mol. The molecule has 1 unspecified atom stereocenters. The molecule has 14 heteroatoms. The second-order valence-corrected chi connectivity index (χ2v) is 7.40. The molecule has 32 heavy (non-hydrogen) atoms. The van der Waals surface area contributed by atoms with Gasteiger partial charge in [0.1, 0.15) is 12.6 Å². The lowest BCUT2D eigenvalue weighted by atomic mass is 10.2. The third-order valence-electron chi connectivity index (χ3n) is 4.92. The Kier molecular flexibility index (Phi) is 11.5. The minimum Gasteiger partial charge on any atom is -0.481 e. The van der Waals surface area contributed by atoms with Crippen LogP contribution in [0, 0.1) is 0 Å². The number of rotatable bonds is 11. The van der Waals surface area contributed by atoms with Gasteiger partial charge in [-0.3, -0.25) is 33.8 Å². The monoisotopic (exact) mass is 461 g/mol. The van der Waals surface area contributed by atoms with Gasteiger partial charge in [-0.15, -0.1) is 0 Å². The Hall–Kier alpha value is -2.81. The molecule has 0 spiro atoms. The molecule has 1 atom stereocenters. The fourth-order valence-corrected chi connectivity index (χ4v) is 3.32. The van der Waals surface area contributed by atoms with Gasteiger partial charge in [-0.2, -0.15) is 0 Å². The summed E-state index contributed by atoms with van der Waals surface area (Å²) < 4.78 is 0. The number of hydrazine groups is 1. The van der Waals surface area contributed by atoms with Crippen molar-refractivity contribution in [1.29, 1.82) is 0 Å². The van der Waals surface area contributed by atoms with Gasteiger partial charge < -0.3 is 25.7 Å². The second-order valence-electron chi connectivity index (χ2n) is 7.40. The number of amides is 1. The van der Waals surface area contributed by atoms with Crippen LogP contribution in [0.15, 0.2) is 0 Å². The molecule has 1 fully saturated rings. The highest BCUT2D eigenvalue weighted by Gasteiger charge is 2.30. The Balaban J connectivity index is 3.08. The first-order valence-corrected chi connectivity index (χ1v) is 10.1. The third kappa shape index (κ3) is 10.5. The number of nitrogens with zero attached hydrogens (tertiary/aromatic N) is 4. The number of carboxylic acids is 4. The molecule has 14 nitrogen and oxygen atoms in total. The highest BCUT2D eigenvalue weighted by Crippen LogP contribution is 2.09. The van der Waals surface area contributed by atoms with Crippen molar-refractivity contribution >= 4 is 29.8 Å². The molecule has 0 aromatic heterocycles. The molecule has 1 heterocycles. The molecule has 0 aromatic carbocycles. The van der Waals surface area contributed by atoms with Crippen LogP contribution in [0.1, 0.15) is 13.3 Å². The quantitative estimate of drug-likeness (QED) is 0.215. The van der Waals surface area contributed by atoms with Gasteiger partial charge in [0.2, 0.25) is 5.91 Å². The van der Waals surface area contributed by atoms with E-state index in [1.165, 1.54) is 16.9 Å². The summed E-state index contributed by atoms with van der Waals surface area (Å²) in [5.41, 5.74) is 0. The van der Waals surface area contributed by atoms with Gasteiger partial charge >= 0.3 is 23.9 Å². The second kappa shape index (κ2) is 13.6. The zero-order chi connectivity index (χ0) is 24.3. The lowest BCUT2D eigenvalue weighted by molar-refractivity contribution is -0.153. The van der Waals surface area contributed by atoms with E-state index in [-0.39, 0.29) is 65.3 Å². The van der Waals surface area contributed by atoms with Gasteiger partial charge in [0.05, 0.1) is 19.5 Å². The summed E-state index contributed by atoms with van der Waals surface area (Å²) in [6.07, 6.45) is -0.270. The van der Waals surface area contributed by atoms with Crippen molar-refractivity contribution in [2.75, 3.05) is 65.4 Å². The molecule has 0 radical (unpaired) electrons. The summed E-state index contributed by atoms with van der Waals surface area (Å²) >= 11 is 0. The van der Waals surface area contributed by atoms with Crippen molar-refractivity contribution in [3.8, 4) is 0 Å². The number of hydrogen-bond donors (Lipinski definition) is 5. The molecule has 0 bridgehead atoms. The lowest BCUT2D eigenvalue weighted by Gasteiger charge is -2.41. The van der Waals surface area contributed by atoms with Crippen LogP contribution in [-0.4, -0.2) is 142 Å². The Morgan fingerprint density at radius 1 is 0.719 bits per heavy atom. The van der Waals surface area contributed by atoms with Crippen molar-refractivity contribution in [3.63, 3.8) is 0 Å². The molecular weight excluding hydrogens is 430 g/mol. The Morgan fingerprint density at radius 2 is 1.19 bits per heavy atom. The van der Waals surface area contributed by atoms with E-state index in [9.17, 15) is 34.2 Å². The van der Waals surface area contributed by atoms with Crippen LogP contribution in [0.5, 0.6) is 0 Å². The van der Waals surface area contributed by atoms with Gasteiger partial charge in [-0.1, -0.05) is 0 Å². The molecule has 0 aromatic rings. The van der Waals surface area contributed by atoms with Crippen molar-refractivity contribution in [3.05, 3.63) is 0 Å². The van der Waals surface area contributed by atoms with Gasteiger partial charge in [0, 0.05) is 45.8 Å². The number of hydrogen-bond acceptors (Lipinski definition) is 9. The van der Waals surface area contributed by atoms with E-state index in [1.807, 2.05) is 0 Å². The Bertz CT molecular complexity index is 690. The summed E-state index contributed by atoms with van der Waals surface area (Å²) in [5, 5.41) is 41.8. The van der Waals surface area contributed by atoms with Crippen molar-refractivity contribution in [2.24, 2.45) is 0 Å². The first-order chi connectivity index (χ1) is 15.0. The molecule has 1 aliphatic rings. The SMILES string of the molecule is CC(C(=O)NCCC(=O)O)N1CCN(CC(=O)O)CCN(CC(=O)O)CCN1CC(=O)O. The summed E-state index contributed by atoms with van der Waals surface area (Å²) in [6, 6.07) is -0.873. The normalized spacial score (nSPS) is 18.5. The largest absolute Gasteiger partial charge is 0.481 e. The minimum absolute atomic E-state index is 0.0944. The van der Waals surface area contributed by atoms with Crippen molar-refractivity contribution in [2.45, 2.75) is 19.4 Å². The predicted octanol–water partition coefficient (Wildman–Crippen LogP) is -2.64. The van der Waals surface area contributed by atoms with Crippen molar-refractivity contribution in [1.82, 2.24) is 25.1 Å². The number of nitrogens with one attached hydrogen (secondary N) is 1. The average Bonchev–Trinajstić information content (AvgIpc) is 2.67. The van der Waals surface area contributed by atoms with Crippen LogP contribution in [0.2, 0.25) is 0 Å². The first-order valence-electron chi connectivity index (χ1n) is 10.1. The minimum atomic E-state index is -1.15. The van der Waals surface area contributed by atoms with E-state index in [0.29, 0.717) is 0 Å². The maximum atomic E-state index is 12.6. The topological polar surface area (TPSA) is 191 Å². The molecule has 5 N–H and O–H groups in total. The smallest absolute Gasteiger partial charge is 0.319 e. The van der Waals surface area contributed by atoms with Gasteiger partial charge in [-0.05, 0) is 6.92 Å². The molecule has 1 rings (SSSR count). The highest BCUT2D eigenvalue weighted by molar-refractivity contribution is 5.81. The average molecular weight is 461 g/mol. The molecule has 1 saturated heterocycles. The summed E-state index contributed by atoms with van der Waals surface area (Å²) in [6.45, 7) is 1.61. The number of aliphatic carboxylic acids is 4. The summed E-state index contributed by atoms with van der Waals surface area (Å²) in [7, 11) is 0. The van der Waals surface area contributed by atoms with E-state index < -0.39 is 42.4 Å². The van der Waals surface area contributed by atoms with Crippen LogP contribution in [-0.2, 0) is 24.0 Å². The molecular formula is C18H31N5O9. The van der Waals surface area contributed by atoms with Gasteiger partial charge in [0.25, 0.3) is 0 Å². The zero-order valence-electron chi connectivity index (χ0n) is 18.0. The fraction of sp³-hybridized carbons (Fsp3) is 0.722. The Morgan fingerprint density at radius 3 is 1.66 bits per heavy atom. The summed E-state index contributed by atoms with van der Waals surface area (Å²) in [5.74, 6) is -4.88. The highest BCUT2D eigenvalue weighted by atomic mass is 16.4. The standard InChI is InChI=1S/C18H31N5O9/c1-13(18(32)19-3-2-14(24)25)23-9-7-21(11-16(28)29)5-4-20(10-15(26)27)6-8-22(23)12-17(30)31/h13H,2-12H2,1H3,(H,19,32)(H,24,25)(H,26,27)(H,28,29)(H,30,31). The van der Waals surface area contributed by atoms with E-state index in [0.717, 1.165) is 0 Å².